The topological polar surface area (TPSA) is 95.9 Å². The van der Waals surface area contributed by atoms with Crippen LogP contribution in [0.4, 0.5) is 4.79 Å². The first-order valence-electron chi connectivity index (χ1n) is 7.21. The molecule has 0 aliphatic carbocycles. The average molecular weight is 300 g/mol. The summed E-state index contributed by atoms with van der Waals surface area (Å²) in [5, 5.41) is 11.6. The molecular formula is C14H24N2O5. The van der Waals surface area contributed by atoms with Gasteiger partial charge >= 0.3 is 18.0 Å². The van der Waals surface area contributed by atoms with Crippen LogP contribution in [-0.4, -0.2) is 54.2 Å². The van der Waals surface area contributed by atoms with Crippen molar-refractivity contribution in [2.45, 2.75) is 39.2 Å². The van der Waals surface area contributed by atoms with Crippen LogP contribution in [0.15, 0.2) is 0 Å². The first-order chi connectivity index (χ1) is 9.85. The Labute approximate surface area is 124 Å². The molecule has 0 bridgehead atoms. The number of nitrogens with one attached hydrogen (secondary N) is 1. The molecule has 0 aromatic heterocycles. The van der Waals surface area contributed by atoms with Crippen molar-refractivity contribution in [3.8, 4) is 0 Å². The summed E-state index contributed by atoms with van der Waals surface area (Å²) in [4.78, 5) is 36.2. The van der Waals surface area contributed by atoms with Gasteiger partial charge in [-0.2, -0.15) is 0 Å². The molecule has 0 radical (unpaired) electrons. The van der Waals surface area contributed by atoms with Gasteiger partial charge in [0.15, 0.2) is 0 Å². The lowest BCUT2D eigenvalue weighted by molar-refractivity contribution is -0.143. The number of likely N-dealkylation sites (tertiary alicyclic amines) is 1. The number of rotatable bonds is 5. The zero-order chi connectivity index (χ0) is 16.0. The van der Waals surface area contributed by atoms with E-state index in [1.165, 1.54) is 7.11 Å². The predicted octanol–water partition coefficient (Wildman–Crippen LogP) is 1.08. The molecule has 1 unspecified atom stereocenters. The molecule has 7 heteroatoms. The summed E-state index contributed by atoms with van der Waals surface area (Å²) in [6, 6.07) is -1.01. The number of methoxy groups -OCH3 is 1. The second-order valence-electron chi connectivity index (χ2n) is 5.75. The van der Waals surface area contributed by atoms with Crippen LogP contribution >= 0.6 is 0 Å². The molecule has 1 aliphatic rings. The van der Waals surface area contributed by atoms with E-state index in [2.05, 4.69) is 5.32 Å². The highest BCUT2D eigenvalue weighted by Crippen LogP contribution is 2.17. The number of nitrogens with zero attached hydrogens (tertiary/aromatic N) is 1. The molecule has 7 nitrogen and oxygen atoms in total. The minimum absolute atomic E-state index is 0.243. The third-order valence-corrected chi connectivity index (χ3v) is 3.62. The highest BCUT2D eigenvalue weighted by Gasteiger charge is 2.29. The first-order valence-corrected chi connectivity index (χ1v) is 7.21. The zero-order valence-electron chi connectivity index (χ0n) is 12.8. The fraction of sp³-hybridized carbons (Fsp3) is 0.786. The van der Waals surface area contributed by atoms with Crippen molar-refractivity contribution in [2.24, 2.45) is 11.8 Å². The van der Waals surface area contributed by atoms with Crippen molar-refractivity contribution in [3.63, 3.8) is 0 Å². The Morgan fingerprint density at radius 3 is 2.29 bits per heavy atom. The summed E-state index contributed by atoms with van der Waals surface area (Å²) in [5.41, 5.74) is 0. The van der Waals surface area contributed by atoms with Crippen LogP contribution in [0.1, 0.15) is 33.1 Å². The molecule has 0 spiro atoms. The van der Waals surface area contributed by atoms with Gasteiger partial charge in [-0.15, -0.1) is 0 Å². The second-order valence-corrected chi connectivity index (χ2v) is 5.75. The summed E-state index contributed by atoms with van der Waals surface area (Å²) >= 11 is 0. The van der Waals surface area contributed by atoms with Gasteiger partial charge in [-0.05, 0) is 25.2 Å². The lowest BCUT2D eigenvalue weighted by Gasteiger charge is -2.31. The lowest BCUT2D eigenvalue weighted by atomic mass is 9.97. The molecule has 1 aliphatic heterocycles. The van der Waals surface area contributed by atoms with Crippen LogP contribution in [0.3, 0.4) is 0 Å². The van der Waals surface area contributed by atoms with E-state index in [1.807, 2.05) is 13.8 Å². The maximum Gasteiger partial charge on any atom is 0.328 e. The van der Waals surface area contributed by atoms with Gasteiger partial charge in [-0.3, -0.25) is 4.79 Å². The highest BCUT2D eigenvalue weighted by molar-refractivity contribution is 5.83. The molecule has 21 heavy (non-hydrogen) atoms. The quantitative estimate of drug-likeness (QED) is 0.741. The van der Waals surface area contributed by atoms with Gasteiger partial charge in [0.1, 0.15) is 6.04 Å². The van der Waals surface area contributed by atoms with Crippen molar-refractivity contribution in [1.29, 1.82) is 0 Å². The van der Waals surface area contributed by atoms with E-state index >= 15 is 0 Å². The average Bonchev–Trinajstić information content (AvgIpc) is 2.45. The van der Waals surface area contributed by atoms with Crippen LogP contribution in [-0.2, 0) is 14.3 Å². The Morgan fingerprint density at radius 2 is 1.86 bits per heavy atom. The van der Waals surface area contributed by atoms with E-state index in [1.54, 1.807) is 4.90 Å². The molecule has 0 saturated carbocycles. The van der Waals surface area contributed by atoms with E-state index in [0.29, 0.717) is 32.4 Å². The molecule has 2 amide bonds. The molecule has 2 N–H and O–H groups in total. The number of ether oxygens (including phenoxy) is 1. The van der Waals surface area contributed by atoms with Crippen molar-refractivity contribution in [2.75, 3.05) is 20.2 Å². The summed E-state index contributed by atoms with van der Waals surface area (Å²) in [6.07, 6.45) is 1.38. The highest BCUT2D eigenvalue weighted by atomic mass is 16.5. The number of carboxylic acid groups (broad SMARTS) is 1. The number of esters is 1. The number of carbonyl (C=O) groups excluding carboxylic acids is 2. The lowest BCUT2D eigenvalue weighted by Crippen LogP contribution is -2.51. The molecule has 120 valence electrons. The van der Waals surface area contributed by atoms with Crippen LogP contribution in [0.5, 0.6) is 0 Å². The van der Waals surface area contributed by atoms with E-state index in [0.717, 1.165) is 0 Å². The number of piperidine rings is 1. The van der Waals surface area contributed by atoms with E-state index in [-0.39, 0.29) is 17.9 Å². The summed E-state index contributed by atoms with van der Waals surface area (Å²) in [7, 11) is 1.29. The monoisotopic (exact) mass is 300 g/mol. The third kappa shape index (κ3) is 5.24. The number of aliphatic carboxylic acids is 1. The minimum atomic E-state index is -0.817. The fourth-order valence-corrected chi connectivity index (χ4v) is 2.40. The van der Waals surface area contributed by atoms with Gasteiger partial charge in [0.25, 0.3) is 0 Å². The second kappa shape index (κ2) is 7.85. The zero-order valence-corrected chi connectivity index (χ0v) is 12.8. The number of carboxylic acids is 1. The molecule has 0 aromatic rings. The van der Waals surface area contributed by atoms with E-state index in [4.69, 9.17) is 9.84 Å². The molecule has 0 aromatic carbocycles. The predicted molar refractivity (Wildman–Crippen MR) is 75.7 cm³/mol. The Bertz CT molecular complexity index is 389. The number of hydrogen-bond donors (Lipinski definition) is 2. The van der Waals surface area contributed by atoms with Gasteiger partial charge in [0.05, 0.1) is 13.0 Å². The van der Waals surface area contributed by atoms with Crippen molar-refractivity contribution >= 4 is 18.0 Å². The van der Waals surface area contributed by atoms with Crippen LogP contribution < -0.4 is 5.32 Å². The third-order valence-electron chi connectivity index (χ3n) is 3.62. The van der Waals surface area contributed by atoms with Gasteiger partial charge in [0.2, 0.25) is 0 Å². The Kier molecular flexibility index (Phi) is 6.45. The smallest absolute Gasteiger partial charge is 0.328 e. The summed E-state index contributed by atoms with van der Waals surface area (Å²) in [5.74, 6) is -1.42. The molecule has 1 rings (SSSR count). The Morgan fingerprint density at radius 1 is 1.29 bits per heavy atom. The molecule has 1 heterocycles. The molecule has 1 saturated heterocycles. The molecular weight excluding hydrogens is 276 g/mol. The molecule has 1 atom stereocenters. The summed E-state index contributed by atoms with van der Waals surface area (Å²) < 4.78 is 4.70. The number of hydrogen-bond acceptors (Lipinski definition) is 4. The largest absolute Gasteiger partial charge is 0.481 e. The summed E-state index contributed by atoms with van der Waals surface area (Å²) in [6.45, 7) is 4.69. The Balaban J connectivity index is 2.54. The van der Waals surface area contributed by atoms with Crippen molar-refractivity contribution in [1.82, 2.24) is 10.2 Å². The normalized spacial score (nSPS) is 17.4. The van der Waals surface area contributed by atoms with Crippen LogP contribution in [0, 0.1) is 11.8 Å². The standard InChI is InChI=1S/C14H24N2O5/c1-9(2)8-11(13(19)21-3)15-14(20)16-6-4-10(5-7-16)12(17)18/h9-11H,4-8H2,1-3H3,(H,15,20)(H,17,18). The molecule has 1 fully saturated rings. The number of amides is 2. The van der Waals surface area contributed by atoms with Crippen LogP contribution in [0.25, 0.3) is 0 Å². The van der Waals surface area contributed by atoms with Gasteiger partial charge in [0, 0.05) is 13.1 Å². The van der Waals surface area contributed by atoms with Gasteiger partial charge in [-0.1, -0.05) is 13.8 Å². The maximum atomic E-state index is 12.1. The van der Waals surface area contributed by atoms with E-state index in [9.17, 15) is 14.4 Å². The van der Waals surface area contributed by atoms with E-state index < -0.39 is 18.0 Å². The van der Waals surface area contributed by atoms with Crippen molar-refractivity contribution < 1.29 is 24.2 Å². The minimum Gasteiger partial charge on any atom is -0.481 e. The van der Waals surface area contributed by atoms with Crippen molar-refractivity contribution in [3.05, 3.63) is 0 Å². The maximum absolute atomic E-state index is 12.1. The van der Waals surface area contributed by atoms with Gasteiger partial charge < -0.3 is 20.1 Å². The SMILES string of the molecule is COC(=O)C(CC(C)C)NC(=O)N1CCC(C(=O)O)CC1. The number of urea groups is 1. The first kappa shape index (κ1) is 17.3. The van der Waals surface area contributed by atoms with Crippen LogP contribution in [0.2, 0.25) is 0 Å². The number of carbonyl (C=O) groups is 3. The Hall–Kier alpha value is -1.79. The fourth-order valence-electron chi connectivity index (χ4n) is 2.40. The van der Waals surface area contributed by atoms with Gasteiger partial charge in [-0.25, -0.2) is 9.59 Å².